The maximum absolute atomic E-state index is 12.7. The van der Waals surface area contributed by atoms with Gasteiger partial charge in [-0.2, -0.15) is 0 Å². The first-order valence-corrected chi connectivity index (χ1v) is 9.80. The largest absolute Gasteiger partial charge is 0.481 e. The van der Waals surface area contributed by atoms with Gasteiger partial charge in [0.2, 0.25) is 15.9 Å². The first-order chi connectivity index (χ1) is 10.7. The average molecular weight is 346 g/mol. The Hall–Kier alpha value is -1.15. The Kier molecular flexibility index (Phi) is 5.35. The smallest absolute Gasteiger partial charge is 0.311 e. The highest BCUT2D eigenvalue weighted by atomic mass is 32.2. The number of hydrogen-bond acceptors (Lipinski definition) is 4. The fraction of sp³-hybridized carbons (Fsp3) is 0.867. The van der Waals surface area contributed by atoms with Crippen LogP contribution in [0.4, 0.5) is 0 Å². The van der Waals surface area contributed by atoms with Crippen molar-refractivity contribution in [1.82, 2.24) is 9.21 Å². The van der Waals surface area contributed by atoms with Crippen molar-refractivity contribution in [2.24, 2.45) is 11.3 Å². The molecule has 0 aromatic heterocycles. The normalized spacial score (nSPS) is 30.2. The van der Waals surface area contributed by atoms with Crippen LogP contribution in [0.3, 0.4) is 0 Å². The van der Waals surface area contributed by atoms with Gasteiger partial charge in [0.15, 0.2) is 0 Å². The van der Waals surface area contributed by atoms with Crippen molar-refractivity contribution < 1.29 is 23.1 Å². The summed E-state index contributed by atoms with van der Waals surface area (Å²) in [4.78, 5) is 25.8. The van der Waals surface area contributed by atoms with Gasteiger partial charge in [-0.05, 0) is 39.5 Å². The summed E-state index contributed by atoms with van der Waals surface area (Å²) >= 11 is 0. The maximum Gasteiger partial charge on any atom is 0.311 e. The van der Waals surface area contributed by atoms with Gasteiger partial charge in [-0.3, -0.25) is 9.59 Å². The number of rotatable bonds is 4. The van der Waals surface area contributed by atoms with Crippen molar-refractivity contribution in [3.8, 4) is 0 Å². The van der Waals surface area contributed by atoms with E-state index in [4.69, 9.17) is 0 Å². The molecule has 2 fully saturated rings. The molecular formula is C15H26N2O5S. The fourth-order valence-corrected chi connectivity index (χ4v) is 4.62. The third-order valence-corrected chi connectivity index (χ3v) is 6.86. The van der Waals surface area contributed by atoms with E-state index in [0.29, 0.717) is 38.8 Å². The number of carbonyl (C=O) groups is 2. The molecule has 2 unspecified atom stereocenters. The highest BCUT2D eigenvalue weighted by molar-refractivity contribution is 7.89. The first kappa shape index (κ1) is 18.2. The van der Waals surface area contributed by atoms with Gasteiger partial charge < -0.3 is 10.0 Å². The molecule has 2 rings (SSSR count). The number of likely N-dealkylation sites (tertiary alicyclic amines) is 1. The number of piperidine rings is 2. The van der Waals surface area contributed by atoms with E-state index < -0.39 is 21.4 Å². The van der Waals surface area contributed by atoms with E-state index in [1.165, 1.54) is 4.31 Å². The van der Waals surface area contributed by atoms with Gasteiger partial charge in [-0.25, -0.2) is 12.7 Å². The molecule has 0 aromatic carbocycles. The van der Waals surface area contributed by atoms with Gasteiger partial charge in [0.1, 0.15) is 0 Å². The molecular weight excluding hydrogens is 320 g/mol. The van der Waals surface area contributed by atoms with Crippen molar-refractivity contribution in [3.63, 3.8) is 0 Å². The highest BCUT2D eigenvalue weighted by Crippen LogP contribution is 2.31. The van der Waals surface area contributed by atoms with Gasteiger partial charge in [-0.1, -0.05) is 0 Å². The predicted octanol–water partition coefficient (Wildman–Crippen LogP) is 0.761. The number of aliphatic carboxylic acids is 1. The Morgan fingerprint density at radius 2 is 1.96 bits per heavy atom. The summed E-state index contributed by atoms with van der Waals surface area (Å²) in [6.07, 6.45) is 2.56. The second-order valence-electron chi connectivity index (χ2n) is 6.83. The lowest BCUT2D eigenvalue weighted by molar-refractivity contribution is -0.154. The van der Waals surface area contributed by atoms with E-state index in [0.717, 1.165) is 0 Å². The molecule has 132 valence electrons. The summed E-state index contributed by atoms with van der Waals surface area (Å²) < 4.78 is 25.4. The number of sulfonamides is 1. The molecule has 2 aliphatic rings. The van der Waals surface area contributed by atoms with Gasteiger partial charge >= 0.3 is 5.97 Å². The monoisotopic (exact) mass is 346 g/mol. The van der Waals surface area contributed by atoms with Gasteiger partial charge in [0.05, 0.1) is 17.1 Å². The second kappa shape index (κ2) is 6.76. The van der Waals surface area contributed by atoms with Crippen molar-refractivity contribution >= 4 is 21.9 Å². The van der Waals surface area contributed by atoms with Crippen LogP contribution in [-0.2, 0) is 19.6 Å². The molecule has 0 aromatic rings. The Morgan fingerprint density at radius 3 is 2.57 bits per heavy atom. The van der Waals surface area contributed by atoms with E-state index in [-0.39, 0.29) is 30.7 Å². The minimum absolute atomic E-state index is 0.0364. The van der Waals surface area contributed by atoms with Crippen LogP contribution in [0, 0.1) is 11.3 Å². The Labute approximate surface area is 137 Å². The molecule has 2 aliphatic heterocycles. The SMILES string of the molecule is CCS(=O)(=O)N1CCCC(C(=O)N2CCCC(C)(C(=O)O)C2)C1. The highest BCUT2D eigenvalue weighted by Gasteiger charge is 2.41. The van der Waals surface area contributed by atoms with Crippen molar-refractivity contribution in [1.29, 1.82) is 0 Å². The molecule has 2 heterocycles. The number of carboxylic acids is 1. The van der Waals surface area contributed by atoms with Crippen LogP contribution in [0.2, 0.25) is 0 Å². The summed E-state index contributed by atoms with van der Waals surface area (Å²) in [7, 11) is -3.29. The van der Waals surface area contributed by atoms with Crippen LogP contribution in [0.25, 0.3) is 0 Å². The summed E-state index contributed by atoms with van der Waals surface area (Å²) in [5, 5.41) is 9.36. The van der Waals surface area contributed by atoms with Crippen LogP contribution in [-0.4, -0.2) is 66.5 Å². The van der Waals surface area contributed by atoms with Crippen molar-refractivity contribution in [2.45, 2.75) is 39.5 Å². The molecule has 0 spiro atoms. The van der Waals surface area contributed by atoms with Gasteiger partial charge in [0.25, 0.3) is 0 Å². The van der Waals surface area contributed by atoms with E-state index in [1.807, 2.05) is 0 Å². The summed E-state index contributed by atoms with van der Waals surface area (Å²) in [6.45, 7) is 4.71. The maximum atomic E-state index is 12.7. The predicted molar refractivity (Wildman–Crippen MR) is 85.3 cm³/mol. The zero-order valence-corrected chi connectivity index (χ0v) is 14.6. The summed E-state index contributed by atoms with van der Waals surface area (Å²) in [6, 6.07) is 0. The standard InChI is InChI=1S/C15H26N2O5S/c1-3-23(21,22)17-9-4-6-12(10-17)13(18)16-8-5-7-15(2,11-16)14(19)20/h12H,3-11H2,1-2H3,(H,19,20). The minimum Gasteiger partial charge on any atom is -0.481 e. The van der Waals surface area contributed by atoms with Crippen molar-refractivity contribution in [2.75, 3.05) is 31.9 Å². The molecule has 2 atom stereocenters. The topological polar surface area (TPSA) is 95.0 Å². The first-order valence-electron chi connectivity index (χ1n) is 8.19. The Bertz CT molecular complexity index is 576. The van der Waals surface area contributed by atoms with Crippen LogP contribution < -0.4 is 0 Å². The molecule has 2 saturated heterocycles. The summed E-state index contributed by atoms with van der Waals surface area (Å²) in [5.41, 5.74) is -0.905. The summed E-state index contributed by atoms with van der Waals surface area (Å²) in [5.74, 6) is -1.31. The molecule has 0 bridgehead atoms. The molecule has 0 saturated carbocycles. The van der Waals surface area contributed by atoms with E-state index in [1.54, 1.807) is 18.7 Å². The van der Waals surface area contributed by atoms with Crippen LogP contribution in [0.15, 0.2) is 0 Å². The zero-order valence-electron chi connectivity index (χ0n) is 13.8. The number of nitrogens with zero attached hydrogens (tertiary/aromatic N) is 2. The minimum atomic E-state index is -3.29. The van der Waals surface area contributed by atoms with Crippen LogP contribution in [0.5, 0.6) is 0 Å². The second-order valence-corrected chi connectivity index (χ2v) is 9.08. The average Bonchev–Trinajstić information content (AvgIpc) is 2.54. The Morgan fingerprint density at radius 1 is 1.26 bits per heavy atom. The number of amides is 1. The molecule has 8 heteroatoms. The molecule has 7 nitrogen and oxygen atoms in total. The molecule has 1 N–H and O–H groups in total. The number of carboxylic acid groups (broad SMARTS) is 1. The van der Waals surface area contributed by atoms with E-state index >= 15 is 0 Å². The fourth-order valence-electron chi connectivity index (χ4n) is 3.44. The zero-order chi connectivity index (χ0) is 17.3. The lowest BCUT2D eigenvalue weighted by Gasteiger charge is -2.40. The molecule has 1 amide bonds. The third kappa shape index (κ3) is 3.85. The number of hydrogen-bond donors (Lipinski definition) is 1. The van der Waals surface area contributed by atoms with Gasteiger partial charge in [-0.15, -0.1) is 0 Å². The van der Waals surface area contributed by atoms with Crippen LogP contribution >= 0.6 is 0 Å². The molecule has 23 heavy (non-hydrogen) atoms. The quantitative estimate of drug-likeness (QED) is 0.811. The lowest BCUT2D eigenvalue weighted by Crippen LogP contribution is -2.52. The van der Waals surface area contributed by atoms with Crippen LogP contribution in [0.1, 0.15) is 39.5 Å². The lowest BCUT2D eigenvalue weighted by atomic mass is 9.81. The van der Waals surface area contributed by atoms with E-state index in [9.17, 15) is 23.1 Å². The molecule has 0 radical (unpaired) electrons. The number of carbonyl (C=O) groups excluding carboxylic acids is 1. The molecule has 0 aliphatic carbocycles. The van der Waals surface area contributed by atoms with Crippen molar-refractivity contribution in [3.05, 3.63) is 0 Å². The Balaban J connectivity index is 2.06. The third-order valence-electron chi connectivity index (χ3n) is 5.02. The van der Waals surface area contributed by atoms with E-state index in [2.05, 4.69) is 0 Å². The van der Waals surface area contributed by atoms with Gasteiger partial charge in [0, 0.05) is 26.2 Å².